The fourth-order valence-corrected chi connectivity index (χ4v) is 7.33. The fourth-order valence-electron chi connectivity index (χ4n) is 6.85. The maximum atomic E-state index is 14.0. The summed E-state index contributed by atoms with van der Waals surface area (Å²) in [6.07, 6.45) is 18.0. The lowest BCUT2D eigenvalue weighted by Gasteiger charge is -2.30. The lowest BCUT2D eigenvalue weighted by molar-refractivity contribution is -0.136. The first-order valence-corrected chi connectivity index (χ1v) is 24.4. The molecular formula is C44H85N9O7S. The summed E-state index contributed by atoms with van der Waals surface area (Å²) < 4.78 is 0. The Hall–Kier alpha value is -3.60. The van der Waals surface area contributed by atoms with Crippen molar-refractivity contribution < 1.29 is 33.9 Å². The number of hydrogen-bond acceptors (Lipinski definition) is 9. The molecule has 0 aliphatic rings. The highest BCUT2D eigenvalue weighted by Gasteiger charge is 2.35. The van der Waals surface area contributed by atoms with Gasteiger partial charge in [-0.1, -0.05) is 118 Å². The number of aliphatic hydroxyl groups excluding tert-OH is 1. The molecule has 17 heteroatoms. The molecule has 0 radical (unpaired) electrons. The highest BCUT2D eigenvalue weighted by Crippen LogP contribution is 2.15. The van der Waals surface area contributed by atoms with E-state index in [1.165, 1.54) is 83.5 Å². The first-order valence-electron chi connectivity index (χ1n) is 23.0. The first kappa shape index (κ1) is 57.4. The van der Waals surface area contributed by atoms with Gasteiger partial charge in [0.15, 0.2) is 5.96 Å². The van der Waals surface area contributed by atoms with Crippen LogP contribution in [0.4, 0.5) is 0 Å². The van der Waals surface area contributed by atoms with E-state index in [4.69, 9.17) is 11.5 Å². The normalized spacial score (nSPS) is 14.7. The monoisotopic (exact) mass is 884 g/mol. The van der Waals surface area contributed by atoms with Crippen LogP contribution in [0.3, 0.4) is 0 Å². The number of aliphatic imine (C=N–C) groups is 1. The molecule has 0 heterocycles. The van der Waals surface area contributed by atoms with Gasteiger partial charge in [-0.25, -0.2) is 0 Å². The van der Waals surface area contributed by atoms with E-state index in [9.17, 15) is 33.9 Å². The van der Waals surface area contributed by atoms with Crippen LogP contribution in [-0.2, 0) is 28.8 Å². The summed E-state index contributed by atoms with van der Waals surface area (Å²) >= 11 is 1.47. The second-order valence-electron chi connectivity index (χ2n) is 16.8. The minimum Gasteiger partial charge on any atom is -0.391 e. The van der Waals surface area contributed by atoms with Gasteiger partial charge in [-0.2, -0.15) is 11.8 Å². The Labute approximate surface area is 371 Å². The average molecular weight is 884 g/mol. The third-order valence-electron chi connectivity index (χ3n) is 10.8. The number of likely N-dealkylation sites (N-methyl/N-ethyl adjacent to an activating group) is 1. The van der Waals surface area contributed by atoms with Gasteiger partial charge in [0.2, 0.25) is 35.4 Å². The minimum atomic E-state index is -1.24. The van der Waals surface area contributed by atoms with E-state index in [0.29, 0.717) is 25.0 Å². The van der Waals surface area contributed by atoms with Crippen molar-refractivity contribution in [1.29, 1.82) is 0 Å². The molecular weight excluding hydrogens is 799 g/mol. The molecule has 0 bridgehead atoms. The van der Waals surface area contributed by atoms with Gasteiger partial charge in [0.05, 0.1) is 6.10 Å². The molecule has 16 nitrogen and oxygen atoms in total. The number of hydrogen-bond donors (Lipinski definition) is 9. The minimum absolute atomic E-state index is 0.0428. The zero-order valence-corrected chi connectivity index (χ0v) is 39.7. The number of carbonyl (C=O) groups is 6. The van der Waals surface area contributed by atoms with Crippen molar-refractivity contribution in [2.75, 3.05) is 25.6 Å². The van der Waals surface area contributed by atoms with Gasteiger partial charge >= 0.3 is 0 Å². The molecule has 0 unspecified atom stereocenters. The second kappa shape index (κ2) is 34.9. The van der Waals surface area contributed by atoms with Gasteiger partial charge in [-0.05, 0) is 62.9 Å². The van der Waals surface area contributed by atoms with Gasteiger partial charge < -0.3 is 48.5 Å². The number of aliphatic hydroxyl groups is 1. The second-order valence-corrected chi connectivity index (χ2v) is 17.8. The number of guanidine groups is 1. The lowest BCUT2D eigenvalue weighted by Crippen LogP contribution is -2.61. The highest BCUT2D eigenvalue weighted by atomic mass is 32.2. The number of carbonyl (C=O) groups excluding carboxylic acids is 6. The summed E-state index contributed by atoms with van der Waals surface area (Å²) in [5.41, 5.74) is 11.0. The Morgan fingerprint density at radius 3 is 1.57 bits per heavy atom. The summed E-state index contributed by atoms with van der Waals surface area (Å²) in [7, 11) is 1.39. The number of unbranched alkanes of at least 4 members (excludes halogenated alkanes) is 12. The van der Waals surface area contributed by atoms with Gasteiger partial charge in [-0.3, -0.25) is 33.8 Å². The van der Waals surface area contributed by atoms with E-state index in [2.05, 4.69) is 43.8 Å². The van der Waals surface area contributed by atoms with Crippen LogP contribution in [0.25, 0.3) is 0 Å². The Kier molecular flexibility index (Phi) is 32.9. The molecule has 354 valence electrons. The number of nitrogens with one attached hydrogen (secondary N) is 6. The molecule has 0 fully saturated rings. The number of nitrogens with two attached hydrogens (primary N) is 2. The Morgan fingerprint density at radius 2 is 1.10 bits per heavy atom. The van der Waals surface area contributed by atoms with E-state index in [-0.39, 0.29) is 55.9 Å². The number of rotatable bonds is 36. The van der Waals surface area contributed by atoms with E-state index < -0.39 is 65.8 Å². The summed E-state index contributed by atoms with van der Waals surface area (Å²) in [5.74, 6) is -3.19. The number of thioether (sulfide) groups is 1. The predicted molar refractivity (Wildman–Crippen MR) is 248 cm³/mol. The van der Waals surface area contributed by atoms with E-state index in [0.717, 1.165) is 19.3 Å². The van der Waals surface area contributed by atoms with Crippen molar-refractivity contribution in [3.8, 4) is 0 Å². The van der Waals surface area contributed by atoms with E-state index in [1.54, 1.807) is 0 Å². The number of nitrogens with zero attached hydrogens (tertiary/aromatic N) is 1. The number of amides is 6. The molecule has 7 atom stereocenters. The molecule has 6 amide bonds. The predicted octanol–water partition coefficient (Wildman–Crippen LogP) is 3.92. The molecule has 0 aromatic heterocycles. The Morgan fingerprint density at radius 1 is 0.607 bits per heavy atom. The first-order chi connectivity index (χ1) is 29.0. The summed E-state index contributed by atoms with van der Waals surface area (Å²) in [5, 5.41) is 26.4. The molecule has 61 heavy (non-hydrogen) atoms. The topological polar surface area (TPSA) is 259 Å². The van der Waals surface area contributed by atoms with Crippen LogP contribution in [0.15, 0.2) is 4.99 Å². The quantitative estimate of drug-likeness (QED) is 0.0249. The van der Waals surface area contributed by atoms with Gasteiger partial charge in [0.1, 0.15) is 30.2 Å². The van der Waals surface area contributed by atoms with Gasteiger partial charge in [0.25, 0.3) is 0 Å². The van der Waals surface area contributed by atoms with Crippen LogP contribution in [0.5, 0.6) is 0 Å². The molecule has 0 saturated heterocycles. The van der Waals surface area contributed by atoms with Crippen LogP contribution in [0, 0.1) is 11.8 Å². The summed E-state index contributed by atoms with van der Waals surface area (Å²) in [6.45, 7) is 11.3. The van der Waals surface area contributed by atoms with Crippen LogP contribution < -0.4 is 43.4 Å². The molecule has 0 aromatic carbocycles. The van der Waals surface area contributed by atoms with Crippen molar-refractivity contribution in [1.82, 2.24) is 31.9 Å². The zero-order chi connectivity index (χ0) is 46.2. The lowest BCUT2D eigenvalue weighted by atomic mass is 9.96. The van der Waals surface area contributed by atoms with E-state index in [1.807, 2.05) is 34.0 Å². The maximum absolute atomic E-state index is 14.0. The van der Waals surface area contributed by atoms with E-state index >= 15 is 0 Å². The average Bonchev–Trinajstić information content (AvgIpc) is 3.21. The van der Waals surface area contributed by atoms with Crippen molar-refractivity contribution in [2.45, 2.75) is 200 Å². The maximum Gasteiger partial charge on any atom is 0.245 e. The van der Waals surface area contributed by atoms with Crippen LogP contribution in [0.2, 0.25) is 0 Å². The Bertz CT molecular complexity index is 1300. The third kappa shape index (κ3) is 27.2. The molecule has 0 aromatic rings. The molecule has 0 saturated carbocycles. The zero-order valence-electron chi connectivity index (χ0n) is 38.9. The molecule has 0 aliphatic heterocycles. The van der Waals surface area contributed by atoms with Gasteiger partial charge in [-0.15, -0.1) is 0 Å². The van der Waals surface area contributed by atoms with Crippen LogP contribution in [-0.4, -0.2) is 108 Å². The van der Waals surface area contributed by atoms with Crippen molar-refractivity contribution >= 4 is 53.2 Å². The largest absolute Gasteiger partial charge is 0.391 e. The SMILES string of the molecule is CCCCCCCCCCCCCCCC(=O)N[C@@H](CCCN=C(N)N)C(=O)N[C@H](C(=O)N[C@@H](CC(C)C)C(=O)N[C@@H](CCSC)C(=O)N[C@H](C(=O)NC)[C@@H](C)O)[C@@H](C)CC. The van der Waals surface area contributed by atoms with Gasteiger partial charge in [0, 0.05) is 20.0 Å². The van der Waals surface area contributed by atoms with Crippen LogP contribution in [0.1, 0.15) is 164 Å². The summed E-state index contributed by atoms with van der Waals surface area (Å²) in [4.78, 5) is 84.6. The van der Waals surface area contributed by atoms with Crippen molar-refractivity contribution in [3.05, 3.63) is 0 Å². The van der Waals surface area contributed by atoms with Crippen molar-refractivity contribution in [3.63, 3.8) is 0 Å². The Balaban J connectivity index is 5.77. The summed E-state index contributed by atoms with van der Waals surface area (Å²) in [6, 6.07) is -5.37. The fraction of sp³-hybridized carbons (Fsp3) is 0.841. The highest BCUT2D eigenvalue weighted by molar-refractivity contribution is 7.98. The molecule has 11 N–H and O–H groups in total. The molecule has 0 aliphatic carbocycles. The third-order valence-corrected chi connectivity index (χ3v) is 11.4. The van der Waals surface area contributed by atoms with Crippen LogP contribution >= 0.6 is 11.8 Å². The standard InChI is InChI=1S/C44H85N9O7S/c1-9-11-12-13-14-15-16-17-18-19-20-21-22-25-36(55)49-33(24-23-27-48-44(45)46)39(56)52-37(31(5)10-2)43(60)51-35(29-30(3)4)41(58)50-34(26-28-61-8)40(57)53-38(32(6)54)42(59)47-7/h30-35,37-38,54H,9-29H2,1-8H3,(H,47,59)(H,49,55)(H,50,58)(H,51,60)(H,52,56)(H,53,57)(H4,45,46,48)/t31-,32+,33-,34-,35-,37-,38-/m0/s1. The molecule has 0 rings (SSSR count). The van der Waals surface area contributed by atoms with Crippen molar-refractivity contribution in [2.24, 2.45) is 28.3 Å². The smallest absolute Gasteiger partial charge is 0.245 e. The molecule has 0 spiro atoms.